The molecule has 1 amide bonds. The SMILES string of the molecule is COc1ccc(-n2cc(C(=O)NCCCc3ccccc3F)ccc2=O)cc1. The van der Waals surface area contributed by atoms with E-state index in [-0.39, 0.29) is 17.3 Å². The number of pyridine rings is 1. The summed E-state index contributed by atoms with van der Waals surface area (Å²) in [5.74, 6) is 0.164. The summed E-state index contributed by atoms with van der Waals surface area (Å²) in [7, 11) is 1.57. The van der Waals surface area contributed by atoms with E-state index < -0.39 is 0 Å². The molecule has 0 saturated heterocycles. The van der Waals surface area contributed by atoms with Gasteiger partial charge in [-0.1, -0.05) is 18.2 Å². The zero-order chi connectivity index (χ0) is 19.9. The first kappa shape index (κ1) is 19.4. The smallest absolute Gasteiger partial charge is 0.255 e. The lowest BCUT2D eigenvalue weighted by molar-refractivity contribution is 0.0952. The first-order valence-corrected chi connectivity index (χ1v) is 8.97. The van der Waals surface area contributed by atoms with Crippen LogP contribution in [-0.2, 0) is 6.42 Å². The van der Waals surface area contributed by atoms with Crippen molar-refractivity contribution in [3.63, 3.8) is 0 Å². The quantitative estimate of drug-likeness (QED) is 0.640. The van der Waals surface area contributed by atoms with Gasteiger partial charge in [0.2, 0.25) is 0 Å². The van der Waals surface area contributed by atoms with Crippen molar-refractivity contribution < 1.29 is 13.9 Å². The van der Waals surface area contributed by atoms with Crippen LogP contribution in [0.2, 0.25) is 0 Å². The molecular formula is C22H21FN2O3. The minimum atomic E-state index is -0.282. The van der Waals surface area contributed by atoms with Gasteiger partial charge in [0, 0.05) is 24.5 Å². The number of methoxy groups -OCH3 is 1. The van der Waals surface area contributed by atoms with E-state index in [2.05, 4.69) is 5.32 Å². The number of carbonyl (C=O) groups is 1. The maximum Gasteiger partial charge on any atom is 0.255 e. The maximum atomic E-state index is 13.6. The van der Waals surface area contributed by atoms with Crippen LogP contribution in [0, 0.1) is 5.82 Å². The molecule has 1 heterocycles. The molecule has 28 heavy (non-hydrogen) atoms. The predicted octanol–water partition coefficient (Wildman–Crippen LogP) is 3.35. The van der Waals surface area contributed by atoms with Gasteiger partial charge in [-0.25, -0.2) is 4.39 Å². The highest BCUT2D eigenvalue weighted by atomic mass is 19.1. The largest absolute Gasteiger partial charge is 0.497 e. The maximum absolute atomic E-state index is 13.6. The summed E-state index contributed by atoms with van der Waals surface area (Å²) in [6.45, 7) is 0.412. The topological polar surface area (TPSA) is 60.3 Å². The molecule has 0 spiro atoms. The van der Waals surface area contributed by atoms with E-state index in [1.54, 1.807) is 49.6 Å². The first-order chi connectivity index (χ1) is 13.6. The van der Waals surface area contributed by atoms with Gasteiger partial charge in [-0.3, -0.25) is 14.2 Å². The van der Waals surface area contributed by atoms with Crippen molar-refractivity contribution in [3.05, 3.63) is 94.2 Å². The third kappa shape index (κ3) is 4.65. The van der Waals surface area contributed by atoms with Crippen LogP contribution < -0.4 is 15.6 Å². The molecule has 3 aromatic rings. The molecule has 0 aliphatic carbocycles. The minimum absolute atomic E-state index is 0.235. The van der Waals surface area contributed by atoms with Crippen LogP contribution in [0.5, 0.6) is 5.75 Å². The second kappa shape index (κ2) is 8.99. The molecule has 1 aromatic heterocycles. The van der Waals surface area contributed by atoms with Crippen LogP contribution in [-0.4, -0.2) is 24.1 Å². The van der Waals surface area contributed by atoms with Crippen LogP contribution in [0.25, 0.3) is 5.69 Å². The summed E-state index contributed by atoms with van der Waals surface area (Å²) >= 11 is 0. The molecule has 0 radical (unpaired) electrons. The number of aromatic nitrogens is 1. The fourth-order valence-corrected chi connectivity index (χ4v) is 2.85. The van der Waals surface area contributed by atoms with Crippen LogP contribution in [0.1, 0.15) is 22.3 Å². The first-order valence-electron chi connectivity index (χ1n) is 8.97. The highest BCUT2D eigenvalue weighted by Gasteiger charge is 2.09. The Kier molecular flexibility index (Phi) is 6.22. The van der Waals surface area contributed by atoms with Crippen LogP contribution in [0.3, 0.4) is 0 Å². The summed E-state index contributed by atoms with van der Waals surface area (Å²) in [5, 5.41) is 2.81. The molecule has 0 bridgehead atoms. The molecule has 144 valence electrons. The van der Waals surface area contributed by atoms with E-state index in [0.717, 1.165) is 0 Å². The van der Waals surface area contributed by atoms with E-state index in [9.17, 15) is 14.0 Å². The van der Waals surface area contributed by atoms with Gasteiger partial charge in [0.05, 0.1) is 12.7 Å². The Bertz CT molecular complexity index is 1010. The number of hydrogen-bond acceptors (Lipinski definition) is 3. The van der Waals surface area contributed by atoms with E-state index in [1.165, 1.54) is 29.0 Å². The Labute approximate surface area is 162 Å². The van der Waals surface area contributed by atoms with Crippen LogP contribution in [0.4, 0.5) is 4.39 Å². The number of halogens is 1. The van der Waals surface area contributed by atoms with Gasteiger partial charge in [-0.2, -0.15) is 0 Å². The molecule has 5 nitrogen and oxygen atoms in total. The standard InChI is InChI=1S/C22H21FN2O3/c1-28-19-11-9-18(10-12-19)25-15-17(8-13-21(25)26)22(27)24-14-4-6-16-5-2-3-7-20(16)23/h2-3,5,7-13,15H,4,6,14H2,1H3,(H,24,27). The van der Waals surface area contributed by atoms with Crippen molar-refractivity contribution in [1.29, 1.82) is 0 Å². The molecule has 0 atom stereocenters. The lowest BCUT2D eigenvalue weighted by Gasteiger charge is -2.10. The van der Waals surface area contributed by atoms with Crippen molar-refractivity contribution >= 4 is 5.91 Å². The van der Waals surface area contributed by atoms with E-state index in [0.29, 0.717) is 42.0 Å². The van der Waals surface area contributed by atoms with E-state index >= 15 is 0 Å². The van der Waals surface area contributed by atoms with E-state index in [4.69, 9.17) is 4.74 Å². The number of amides is 1. The number of ether oxygens (including phenoxy) is 1. The minimum Gasteiger partial charge on any atom is -0.497 e. The van der Waals surface area contributed by atoms with Crippen molar-refractivity contribution in [2.75, 3.05) is 13.7 Å². The molecule has 0 aliphatic rings. The van der Waals surface area contributed by atoms with Crippen molar-refractivity contribution in [2.24, 2.45) is 0 Å². The van der Waals surface area contributed by atoms with Gasteiger partial charge in [0.25, 0.3) is 11.5 Å². The number of aryl methyl sites for hydroxylation is 1. The summed E-state index contributed by atoms with van der Waals surface area (Å²) < 4.78 is 20.1. The fraction of sp³-hybridized carbons (Fsp3) is 0.182. The molecule has 0 saturated carbocycles. The molecule has 1 N–H and O–H groups in total. The highest BCUT2D eigenvalue weighted by Crippen LogP contribution is 2.14. The normalized spacial score (nSPS) is 10.5. The molecule has 3 rings (SSSR count). The monoisotopic (exact) mass is 380 g/mol. The summed E-state index contributed by atoms with van der Waals surface area (Å²) in [5.41, 5.74) is 1.41. The zero-order valence-corrected chi connectivity index (χ0v) is 15.5. The van der Waals surface area contributed by atoms with Gasteiger partial charge in [-0.15, -0.1) is 0 Å². The van der Waals surface area contributed by atoms with Gasteiger partial charge in [-0.05, 0) is 54.8 Å². The second-order valence-electron chi connectivity index (χ2n) is 6.27. The van der Waals surface area contributed by atoms with Gasteiger partial charge in [0.1, 0.15) is 11.6 Å². The van der Waals surface area contributed by atoms with Crippen molar-refractivity contribution in [2.45, 2.75) is 12.8 Å². The molecule has 6 heteroatoms. The summed E-state index contributed by atoms with van der Waals surface area (Å²) in [4.78, 5) is 24.6. The number of hydrogen-bond donors (Lipinski definition) is 1. The number of nitrogens with one attached hydrogen (secondary N) is 1. The average molecular weight is 380 g/mol. The fourth-order valence-electron chi connectivity index (χ4n) is 2.85. The molecule has 2 aromatic carbocycles. The Hall–Kier alpha value is -3.41. The van der Waals surface area contributed by atoms with Crippen LogP contribution >= 0.6 is 0 Å². The third-order valence-electron chi connectivity index (χ3n) is 4.39. The Morgan fingerprint density at radius 3 is 2.54 bits per heavy atom. The van der Waals surface area contributed by atoms with Gasteiger partial charge in [0.15, 0.2) is 0 Å². The molecular weight excluding hydrogens is 359 g/mol. The lowest BCUT2D eigenvalue weighted by Crippen LogP contribution is -2.27. The van der Waals surface area contributed by atoms with Gasteiger partial charge < -0.3 is 10.1 Å². The second-order valence-corrected chi connectivity index (χ2v) is 6.27. The number of nitrogens with zero attached hydrogens (tertiary/aromatic N) is 1. The number of rotatable bonds is 7. The number of carbonyl (C=O) groups excluding carboxylic acids is 1. The Morgan fingerprint density at radius 2 is 1.82 bits per heavy atom. The van der Waals surface area contributed by atoms with E-state index in [1.807, 2.05) is 0 Å². The van der Waals surface area contributed by atoms with Crippen molar-refractivity contribution in [3.8, 4) is 11.4 Å². The molecule has 0 aliphatic heterocycles. The highest BCUT2D eigenvalue weighted by molar-refractivity contribution is 5.93. The summed E-state index contributed by atoms with van der Waals surface area (Å²) in [6.07, 6.45) is 2.67. The Balaban J connectivity index is 1.63. The third-order valence-corrected chi connectivity index (χ3v) is 4.39. The number of benzene rings is 2. The predicted molar refractivity (Wildman–Crippen MR) is 106 cm³/mol. The average Bonchev–Trinajstić information content (AvgIpc) is 2.72. The lowest BCUT2D eigenvalue weighted by atomic mass is 10.1. The molecule has 0 unspecified atom stereocenters. The van der Waals surface area contributed by atoms with Crippen molar-refractivity contribution in [1.82, 2.24) is 9.88 Å². The van der Waals surface area contributed by atoms with Gasteiger partial charge >= 0.3 is 0 Å². The zero-order valence-electron chi connectivity index (χ0n) is 15.5. The summed E-state index contributed by atoms with van der Waals surface area (Å²) in [6, 6.07) is 16.4. The van der Waals surface area contributed by atoms with Crippen LogP contribution in [0.15, 0.2) is 71.7 Å². The molecule has 0 fully saturated rings. The Morgan fingerprint density at radius 1 is 1.07 bits per heavy atom.